The molecule has 1 heterocycles. The smallest absolute Gasteiger partial charge is 0.0674 e. The highest BCUT2D eigenvalue weighted by atomic mass is 16.5. The molecule has 1 aromatic rings. The number of hydrogen-bond donors (Lipinski definition) is 1. The average Bonchev–Trinajstić information content (AvgIpc) is 3.28. The Labute approximate surface area is 122 Å². The van der Waals surface area contributed by atoms with E-state index in [9.17, 15) is 0 Å². The van der Waals surface area contributed by atoms with Gasteiger partial charge in [-0.05, 0) is 43.2 Å². The maximum Gasteiger partial charge on any atom is 0.0674 e. The second-order valence-corrected chi connectivity index (χ2v) is 6.18. The molecule has 1 aromatic carbocycles. The summed E-state index contributed by atoms with van der Waals surface area (Å²) in [5, 5.41) is 0. The molecule has 0 amide bonds. The Balaban J connectivity index is 1.85. The first-order valence-corrected chi connectivity index (χ1v) is 7.94. The van der Waals surface area contributed by atoms with Gasteiger partial charge in [-0.3, -0.25) is 4.90 Å². The number of rotatable bonds is 4. The molecule has 2 fully saturated rings. The van der Waals surface area contributed by atoms with Gasteiger partial charge in [-0.2, -0.15) is 0 Å². The number of nitrogens with zero attached hydrogens (tertiary/aromatic N) is 1. The second-order valence-electron chi connectivity index (χ2n) is 6.18. The third-order valence-electron chi connectivity index (χ3n) is 4.52. The van der Waals surface area contributed by atoms with E-state index in [1.54, 1.807) is 0 Å². The van der Waals surface area contributed by atoms with E-state index in [0.29, 0.717) is 18.7 Å². The molecule has 0 radical (unpaired) electrons. The summed E-state index contributed by atoms with van der Waals surface area (Å²) in [4.78, 5) is 2.53. The van der Waals surface area contributed by atoms with Crippen LogP contribution in [0.25, 0.3) is 0 Å². The number of hydrogen-bond acceptors (Lipinski definition) is 3. The zero-order valence-corrected chi connectivity index (χ0v) is 12.4. The van der Waals surface area contributed by atoms with Crippen molar-refractivity contribution in [3.05, 3.63) is 35.4 Å². The van der Waals surface area contributed by atoms with Crippen LogP contribution in [0.1, 0.15) is 49.3 Å². The molecule has 1 aliphatic carbocycles. The lowest BCUT2D eigenvalue weighted by Crippen LogP contribution is -2.38. The van der Waals surface area contributed by atoms with Crippen molar-refractivity contribution < 1.29 is 4.74 Å². The minimum absolute atomic E-state index is 0.305. The van der Waals surface area contributed by atoms with E-state index >= 15 is 0 Å². The molecule has 1 saturated carbocycles. The van der Waals surface area contributed by atoms with Crippen LogP contribution in [-0.4, -0.2) is 37.2 Å². The van der Waals surface area contributed by atoms with Crippen LogP contribution in [0.5, 0.6) is 0 Å². The molecular weight excluding hydrogens is 248 g/mol. The van der Waals surface area contributed by atoms with E-state index in [0.717, 1.165) is 32.0 Å². The predicted molar refractivity (Wildman–Crippen MR) is 81.8 cm³/mol. The molecule has 2 unspecified atom stereocenters. The maximum absolute atomic E-state index is 6.14. The van der Waals surface area contributed by atoms with Crippen LogP contribution in [0.3, 0.4) is 0 Å². The summed E-state index contributed by atoms with van der Waals surface area (Å²) in [6.45, 7) is 5.81. The van der Waals surface area contributed by atoms with E-state index < -0.39 is 0 Å². The lowest BCUT2D eigenvalue weighted by Gasteiger charge is -2.32. The lowest BCUT2D eigenvalue weighted by atomic mass is 9.95. The van der Waals surface area contributed by atoms with E-state index in [1.807, 2.05) is 0 Å². The maximum atomic E-state index is 6.14. The van der Waals surface area contributed by atoms with Crippen molar-refractivity contribution in [3.8, 4) is 0 Å². The fourth-order valence-corrected chi connectivity index (χ4v) is 3.36. The molecule has 3 rings (SSSR count). The largest absolute Gasteiger partial charge is 0.377 e. The van der Waals surface area contributed by atoms with Crippen molar-refractivity contribution in [3.63, 3.8) is 0 Å². The van der Waals surface area contributed by atoms with Crippen molar-refractivity contribution in [2.24, 2.45) is 5.73 Å². The molecule has 1 aliphatic heterocycles. The van der Waals surface area contributed by atoms with Crippen molar-refractivity contribution >= 4 is 0 Å². The quantitative estimate of drug-likeness (QED) is 0.917. The SMILES string of the molecule is CC1CN(C(CN)c2ccccc2C2CC2)CCCO1. The van der Waals surface area contributed by atoms with Gasteiger partial charge in [-0.1, -0.05) is 24.3 Å². The van der Waals surface area contributed by atoms with E-state index in [4.69, 9.17) is 10.5 Å². The van der Waals surface area contributed by atoms with Crippen molar-refractivity contribution in [2.75, 3.05) is 26.2 Å². The zero-order valence-electron chi connectivity index (χ0n) is 12.4. The molecule has 20 heavy (non-hydrogen) atoms. The van der Waals surface area contributed by atoms with Crippen molar-refractivity contribution in [1.82, 2.24) is 4.90 Å². The van der Waals surface area contributed by atoms with Crippen molar-refractivity contribution in [2.45, 2.75) is 44.2 Å². The minimum Gasteiger partial charge on any atom is -0.377 e. The topological polar surface area (TPSA) is 38.5 Å². The molecule has 2 N–H and O–H groups in total. The van der Waals surface area contributed by atoms with Gasteiger partial charge in [-0.15, -0.1) is 0 Å². The third kappa shape index (κ3) is 3.05. The van der Waals surface area contributed by atoms with Crippen LogP contribution in [0, 0.1) is 0 Å². The molecule has 2 atom stereocenters. The normalized spacial score (nSPS) is 26.2. The molecule has 1 saturated heterocycles. The molecule has 2 aliphatic rings. The number of ether oxygens (including phenoxy) is 1. The third-order valence-corrected chi connectivity index (χ3v) is 4.52. The Hall–Kier alpha value is -0.900. The standard InChI is InChI=1S/C17H26N2O/c1-13-12-19(9-4-10-20-13)17(11-18)16-6-3-2-5-15(16)14-7-8-14/h2-3,5-6,13-14,17H,4,7-12,18H2,1H3. The van der Waals surface area contributed by atoms with E-state index in [1.165, 1.54) is 24.0 Å². The van der Waals surface area contributed by atoms with Gasteiger partial charge >= 0.3 is 0 Å². The van der Waals surface area contributed by atoms with E-state index in [2.05, 4.69) is 36.1 Å². The van der Waals surface area contributed by atoms with Gasteiger partial charge in [0.2, 0.25) is 0 Å². The van der Waals surface area contributed by atoms with Crippen molar-refractivity contribution in [1.29, 1.82) is 0 Å². The van der Waals surface area contributed by atoms with Crippen LogP contribution in [0.15, 0.2) is 24.3 Å². The molecule has 3 heteroatoms. The second kappa shape index (κ2) is 6.25. The zero-order chi connectivity index (χ0) is 13.9. The first-order chi connectivity index (χ1) is 9.79. The Morgan fingerprint density at radius 2 is 2.15 bits per heavy atom. The Kier molecular flexibility index (Phi) is 4.39. The fourth-order valence-electron chi connectivity index (χ4n) is 3.36. The highest BCUT2D eigenvalue weighted by molar-refractivity contribution is 5.36. The summed E-state index contributed by atoms with van der Waals surface area (Å²) in [6, 6.07) is 9.24. The highest BCUT2D eigenvalue weighted by Crippen LogP contribution is 2.43. The highest BCUT2D eigenvalue weighted by Gasteiger charge is 2.30. The van der Waals surface area contributed by atoms with Gasteiger partial charge in [-0.25, -0.2) is 0 Å². The Morgan fingerprint density at radius 1 is 1.35 bits per heavy atom. The van der Waals surface area contributed by atoms with Gasteiger partial charge in [0.25, 0.3) is 0 Å². The molecule has 3 nitrogen and oxygen atoms in total. The number of nitrogens with two attached hydrogens (primary N) is 1. The van der Waals surface area contributed by atoms with Crippen LogP contribution in [0.2, 0.25) is 0 Å². The summed E-state index contributed by atoms with van der Waals surface area (Å²) in [5.74, 6) is 0.779. The molecule has 0 aromatic heterocycles. The van der Waals surface area contributed by atoms with Crippen LogP contribution < -0.4 is 5.73 Å². The first kappa shape index (κ1) is 14.1. The van der Waals surface area contributed by atoms with Crippen LogP contribution in [-0.2, 0) is 4.74 Å². The summed E-state index contributed by atoms with van der Waals surface area (Å²) in [5.41, 5.74) is 9.12. The monoisotopic (exact) mass is 274 g/mol. The van der Waals surface area contributed by atoms with Crippen LogP contribution >= 0.6 is 0 Å². The summed E-state index contributed by atoms with van der Waals surface area (Å²) >= 11 is 0. The van der Waals surface area contributed by atoms with Crippen LogP contribution in [0.4, 0.5) is 0 Å². The summed E-state index contributed by atoms with van der Waals surface area (Å²) < 4.78 is 5.77. The summed E-state index contributed by atoms with van der Waals surface area (Å²) in [6.07, 6.45) is 4.09. The van der Waals surface area contributed by atoms with Gasteiger partial charge in [0.15, 0.2) is 0 Å². The van der Waals surface area contributed by atoms with Gasteiger partial charge in [0, 0.05) is 32.3 Å². The first-order valence-electron chi connectivity index (χ1n) is 7.94. The van der Waals surface area contributed by atoms with E-state index in [-0.39, 0.29) is 0 Å². The molecular formula is C17H26N2O. The lowest BCUT2D eigenvalue weighted by molar-refractivity contribution is 0.0611. The molecule has 110 valence electrons. The van der Waals surface area contributed by atoms with Gasteiger partial charge in [0.1, 0.15) is 0 Å². The van der Waals surface area contributed by atoms with Gasteiger partial charge < -0.3 is 10.5 Å². The predicted octanol–water partition coefficient (Wildman–Crippen LogP) is 2.67. The molecule has 0 bridgehead atoms. The summed E-state index contributed by atoms with van der Waals surface area (Å²) in [7, 11) is 0. The Bertz CT molecular complexity index is 444. The Morgan fingerprint density at radius 3 is 2.90 bits per heavy atom. The fraction of sp³-hybridized carbons (Fsp3) is 0.647. The van der Waals surface area contributed by atoms with Gasteiger partial charge in [0.05, 0.1) is 6.10 Å². The molecule has 0 spiro atoms. The average molecular weight is 274 g/mol. The number of benzene rings is 1. The minimum atomic E-state index is 0.305.